The van der Waals surface area contributed by atoms with Gasteiger partial charge in [-0.1, -0.05) is 23.2 Å². The molecule has 0 radical (unpaired) electrons. The predicted octanol–water partition coefficient (Wildman–Crippen LogP) is 5.62. The lowest BCUT2D eigenvalue weighted by atomic mass is 10.2. The summed E-state index contributed by atoms with van der Waals surface area (Å²) >= 11 is 17.4. The molecule has 0 unspecified atom stereocenters. The van der Waals surface area contributed by atoms with Gasteiger partial charge in [0.05, 0.1) is 22.8 Å². The SMILES string of the molecule is COc1c(Br)cc(Cl)cc1NC(=O)c1cc(Cl)ccc1I. The molecule has 2 aromatic carbocycles. The Balaban J connectivity index is 2.38. The Hall–Kier alpha value is -0.500. The molecule has 2 rings (SSSR count). The molecule has 110 valence electrons. The van der Waals surface area contributed by atoms with Crippen LogP contribution in [0.25, 0.3) is 0 Å². The standard InChI is InChI=1S/C14H9BrCl2INO2/c1-21-13-10(15)5-8(17)6-12(13)19-14(20)9-4-7(16)2-3-11(9)18/h2-6H,1H3,(H,19,20). The smallest absolute Gasteiger partial charge is 0.256 e. The maximum atomic E-state index is 12.4. The van der Waals surface area contributed by atoms with Crippen molar-refractivity contribution in [1.29, 1.82) is 0 Å². The summed E-state index contributed by atoms with van der Waals surface area (Å²) in [5.41, 5.74) is 0.971. The van der Waals surface area contributed by atoms with Gasteiger partial charge in [-0.05, 0) is 68.9 Å². The molecule has 1 amide bonds. The van der Waals surface area contributed by atoms with Crippen LogP contribution in [0, 0.1) is 3.57 Å². The topological polar surface area (TPSA) is 38.3 Å². The van der Waals surface area contributed by atoms with Crippen LogP contribution in [-0.4, -0.2) is 13.0 Å². The fourth-order valence-corrected chi connectivity index (χ4v) is 3.45. The molecule has 21 heavy (non-hydrogen) atoms. The normalized spacial score (nSPS) is 10.3. The van der Waals surface area contributed by atoms with E-state index in [1.807, 2.05) is 0 Å². The molecule has 0 aromatic heterocycles. The van der Waals surface area contributed by atoms with Crippen molar-refractivity contribution in [1.82, 2.24) is 0 Å². The van der Waals surface area contributed by atoms with Gasteiger partial charge in [0.2, 0.25) is 0 Å². The van der Waals surface area contributed by atoms with Crippen LogP contribution in [0.1, 0.15) is 10.4 Å². The Morgan fingerprint density at radius 3 is 2.62 bits per heavy atom. The number of anilines is 1. The number of rotatable bonds is 3. The number of hydrogen-bond acceptors (Lipinski definition) is 2. The van der Waals surface area contributed by atoms with Crippen molar-refractivity contribution in [2.45, 2.75) is 0 Å². The summed E-state index contributed by atoms with van der Waals surface area (Å²) in [5, 5.41) is 3.77. The highest BCUT2D eigenvalue weighted by Crippen LogP contribution is 2.36. The molecule has 0 bridgehead atoms. The predicted molar refractivity (Wildman–Crippen MR) is 97.8 cm³/mol. The fraction of sp³-hybridized carbons (Fsp3) is 0.0714. The Kier molecular flexibility index (Phi) is 5.76. The number of benzene rings is 2. The molecule has 2 aromatic rings. The largest absolute Gasteiger partial charge is 0.493 e. The molecule has 0 atom stereocenters. The Morgan fingerprint density at radius 1 is 1.24 bits per heavy atom. The van der Waals surface area contributed by atoms with Crippen molar-refractivity contribution in [3.63, 3.8) is 0 Å². The zero-order chi connectivity index (χ0) is 15.6. The quantitative estimate of drug-likeness (QED) is 0.555. The van der Waals surface area contributed by atoms with E-state index < -0.39 is 0 Å². The molecule has 0 aliphatic rings. The van der Waals surface area contributed by atoms with Crippen molar-refractivity contribution >= 4 is 73.3 Å². The van der Waals surface area contributed by atoms with Gasteiger partial charge < -0.3 is 10.1 Å². The van der Waals surface area contributed by atoms with Crippen LogP contribution in [0.5, 0.6) is 5.75 Å². The number of nitrogens with one attached hydrogen (secondary N) is 1. The third-order valence-electron chi connectivity index (χ3n) is 2.63. The van der Waals surface area contributed by atoms with Crippen molar-refractivity contribution in [3.05, 3.63) is 54.0 Å². The van der Waals surface area contributed by atoms with E-state index in [1.165, 1.54) is 7.11 Å². The molecule has 0 aliphatic heterocycles. The van der Waals surface area contributed by atoms with E-state index in [4.69, 9.17) is 27.9 Å². The van der Waals surface area contributed by atoms with Crippen LogP contribution in [0.3, 0.4) is 0 Å². The van der Waals surface area contributed by atoms with Crippen LogP contribution in [0.15, 0.2) is 34.8 Å². The van der Waals surface area contributed by atoms with E-state index in [0.29, 0.717) is 31.5 Å². The molecule has 0 saturated heterocycles. The zero-order valence-electron chi connectivity index (χ0n) is 10.7. The van der Waals surface area contributed by atoms with Crippen molar-refractivity contribution in [3.8, 4) is 5.75 Å². The highest BCUT2D eigenvalue weighted by molar-refractivity contribution is 14.1. The molecule has 0 fully saturated rings. The highest BCUT2D eigenvalue weighted by Gasteiger charge is 2.15. The minimum atomic E-state index is -0.283. The molecule has 0 aliphatic carbocycles. The van der Waals surface area contributed by atoms with E-state index >= 15 is 0 Å². The summed E-state index contributed by atoms with van der Waals surface area (Å²) in [6.07, 6.45) is 0. The van der Waals surface area contributed by atoms with E-state index in [1.54, 1.807) is 30.3 Å². The maximum absolute atomic E-state index is 12.4. The Morgan fingerprint density at radius 2 is 1.95 bits per heavy atom. The highest BCUT2D eigenvalue weighted by atomic mass is 127. The number of hydrogen-bond donors (Lipinski definition) is 1. The van der Waals surface area contributed by atoms with Crippen molar-refractivity contribution in [2.24, 2.45) is 0 Å². The third kappa shape index (κ3) is 4.03. The number of ether oxygens (including phenoxy) is 1. The van der Waals surface area contributed by atoms with E-state index in [0.717, 1.165) is 3.57 Å². The molecule has 0 saturated carbocycles. The lowest BCUT2D eigenvalue weighted by Gasteiger charge is -2.13. The molecular weight excluding hydrogens is 492 g/mol. The summed E-state index contributed by atoms with van der Waals surface area (Å²) < 4.78 is 6.73. The van der Waals surface area contributed by atoms with E-state index in [9.17, 15) is 4.79 Å². The van der Waals surface area contributed by atoms with Gasteiger partial charge in [-0.3, -0.25) is 4.79 Å². The first-order valence-electron chi connectivity index (χ1n) is 5.72. The first kappa shape index (κ1) is 16.9. The monoisotopic (exact) mass is 499 g/mol. The summed E-state index contributed by atoms with van der Waals surface area (Å²) in [7, 11) is 1.52. The van der Waals surface area contributed by atoms with Crippen LogP contribution in [0.4, 0.5) is 5.69 Å². The van der Waals surface area contributed by atoms with Gasteiger partial charge in [0, 0.05) is 13.6 Å². The van der Waals surface area contributed by atoms with E-state index in [-0.39, 0.29) is 5.91 Å². The molecule has 3 nitrogen and oxygen atoms in total. The first-order valence-corrected chi connectivity index (χ1v) is 8.34. The third-order valence-corrected chi connectivity index (χ3v) is 4.62. The summed E-state index contributed by atoms with van der Waals surface area (Å²) in [4.78, 5) is 12.4. The van der Waals surface area contributed by atoms with Crippen LogP contribution in [0.2, 0.25) is 10.0 Å². The lowest BCUT2D eigenvalue weighted by molar-refractivity contribution is 0.102. The minimum Gasteiger partial charge on any atom is -0.493 e. The van der Waals surface area contributed by atoms with Crippen LogP contribution in [-0.2, 0) is 0 Å². The summed E-state index contributed by atoms with van der Waals surface area (Å²) in [6, 6.07) is 8.45. The molecule has 0 heterocycles. The first-order chi connectivity index (χ1) is 9.92. The second kappa shape index (κ2) is 7.17. The van der Waals surface area contributed by atoms with Gasteiger partial charge in [0.1, 0.15) is 0 Å². The average molecular weight is 501 g/mol. The number of carbonyl (C=O) groups is 1. The van der Waals surface area contributed by atoms with Gasteiger partial charge in [0.25, 0.3) is 5.91 Å². The van der Waals surface area contributed by atoms with Gasteiger partial charge in [-0.25, -0.2) is 0 Å². The van der Waals surface area contributed by atoms with Crippen LogP contribution >= 0.6 is 61.7 Å². The number of carbonyl (C=O) groups excluding carboxylic acids is 1. The Bertz CT molecular complexity index is 710. The summed E-state index contributed by atoms with van der Waals surface area (Å²) in [6.45, 7) is 0. The van der Waals surface area contributed by atoms with Crippen LogP contribution < -0.4 is 10.1 Å². The van der Waals surface area contributed by atoms with Crippen molar-refractivity contribution in [2.75, 3.05) is 12.4 Å². The second-order valence-electron chi connectivity index (χ2n) is 4.05. The fourth-order valence-electron chi connectivity index (χ4n) is 1.72. The lowest BCUT2D eigenvalue weighted by Crippen LogP contribution is -2.14. The molecule has 7 heteroatoms. The Labute approximate surface area is 154 Å². The van der Waals surface area contributed by atoms with Gasteiger partial charge in [0.15, 0.2) is 5.75 Å². The van der Waals surface area contributed by atoms with Gasteiger partial charge in [-0.2, -0.15) is 0 Å². The average Bonchev–Trinajstić information content (AvgIpc) is 2.41. The zero-order valence-corrected chi connectivity index (χ0v) is 16.0. The number of amides is 1. The molecule has 0 spiro atoms. The molecule has 1 N–H and O–H groups in total. The number of methoxy groups -OCH3 is 1. The van der Waals surface area contributed by atoms with E-state index in [2.05, 4.69) is 43.8 Å². The van der Waals surface area contributed by atoms with Gasteiger partial charge in [-0.15, -0.1) is 0 Å². The summed E-state index contributed by atoms with van der Waals surface area (Å²) in [5.74, 6) is 0.221. The second-order valence-corrected chi connectivity index (χ2v) is 6.94. The maximum Gasteiger partial charge on any atom is 0.256 e. The molecular formula is C14H9BrCl2INO2. The van der Waals surface area contributed by atoms with Crippen molar-refractivity contribution < 1.29 is 9.53 Å². The van der Waals surface area contributed by atoms with Gasteiger partial charge >= 0.3 is 0 Å². The number of halogens is 4. The minimum absolute atomic E-state index is 0.283.